The van der Waals surface area contributed by atoms with E-state index in [1.54, 1.807) is 6.07 Å². The summed E-state index contributed by atoms with van der Waals surface area (Å²) in [5.41, 5.74) is 1.09. The maximum Gasteiger partial charge on any atom is 0.141 e. The largest absolute Gasteiger partial charge is 0.310 e. The van der Waals surface area contributed by atoms with Crippen molar-refractivity contribution in [1.29, 1.82) is 0 Å². The molecule has 1 atom stereocenters. The van der Waals surface area contributed by atoms with Crippen LogP contribution in [0.25, 0.3) is 0 Å². The van der Waals surface area contributed by atoms with Crippen LogP contribution in [-0.4, -0.2) is 6.54 Å². The Labute approximate surface area is 100 Å². The van der Waals surface area contributed by atoms with E-state index >= 15 is 0 Å². The van der Waals surface area contributed by atoms with Gasteiger partial charge in [-0.05, 0) is 37.1 Å². The van der Waals surface area contributed by atoms with Gasteiger partial charge >= 0.3 is 0 Å². The van der Waals surface area contributed by atoms with E-state index in [1.165, 1.54) is 18.9 Å². The molecule has 1 aliphatic heterocycles. The van der Waals surface area contributed by atoms with Crippen LogP contribution in [0.2, 0.25) is 5.02 Å². The molecule has 0 amide bonds. The molecule has 0 bridgehead atoms. The highest BCUT2D eigenvalue weighted by atomic mass is 35.5. The van der Waals surface area contributed by atoms with Crippen LogP contribution in [0.1, 0.15) is 30.9 Å². The average molecular weight is 250 g/mol. The van der Waals surface area contributed by atoms with Gasteiger partial charge in [-0.1, -0.05) is 24.1 Å². The number of nitrogens with one attached hydrogen (secondary N) is 1. The summed E-state index contributed by atoms with van der Waals surface area (Å²) in [5.74, 6) is -0.341. The van der Waals surface area contributed by atoms with Gasteiger partial charge in [0.2, 0.25) is 0 Å². The zero-order chi connectivity index (χ0) is 9.97. The molecular weight excluding hydrogens is 236 g/mol. The number of rotatable bonds is 1. The van der Waals surface area contributed by atoms with Crippen LogP contribution in [0.5, 0.6) is 0 Å². The van der Waals surface area contributed by atoms with E-state index < -0.39 is 0 Å². The zero-order valence-electron chi connectivity index (χ0n) is 8.30. The predicted octanol–water partition coefficient (Wildman–Crippen LogP) is 3.72. The van der Waals surface area contributed by atoms with Gasteiger partial charge in [0.1, 0.15) is 5.82 Å². The van der Waals surface area contributed by atoms with Gasteiger partial charge in [-0.3, -0.25) is 0 Å². The highest BCUT2D eigenvalue weighted by molar-refractivity contribution is 6.30. The van der Waals surface area contributed by atoms with Crippen LogP contribution in [0, 0.1) is 5.82 Å². The summed E-state index contributed by atoms with van der Waals surface area (Å²) in [6.07, 6.45) is 3.57. The topological polar surface area (TPSA) is 12.0 Å². The molecule has 1 aromatic rings. The molecular formula is C11H14Cl2FN. The average Bonchev–Trinajstić information content (AvgIpc) is 2.23. The number of hydrogen-bond donors (Lipinski definition) is 1. The number of benzene rings is 1. The molecule has 1 N–H and O–H groups in total. The quantitative estimate of drug-likeness (QED) is 0.801. The molecule has 0 saturated carbocycles. The first-order chi connectivity index (χ1) is 6.77. The summed E-state index contributed by atoms with van der Waals surface area (Å²) in [6, 6.07) is 5.32. The molecule has 0 spiro atoms. The Morgan fingerprint density at radius 2 is 2.13 bits per heavy atom. The first-order valence-electron chi connectivity index (χ1n) is 4.96. The Bertz CT molecular complexity index is 324. The van der Waals surface area contributed by atoms with E-state index in [-0.39, 0.29) is 23.2 Å². The van der Waals surface area contributed by atoms with Gasteiger partial charge < -0.3 is 5.32 Å². The standard InChI is InChI=1S/C11H13ClFN.ClH/c12-9-7-8(4-5-10(9)13)11-3-1-2-6-14-11;/h4-5,7,11,14H,1-3,6H2;1H/t11-;/m1./s1. The number of piperidine rings is 1. The molecule has 0 aliphatic carbocycles. The lowest BCUT2D eigenvalue weighted by Gasteiger charge is -2.23. The number of halogens is 3. The summed E-state index contributed by atoms with van der Waals surface area (Å²) < 4.78 is 12.9. The maximum atomic E-state index is 12.9. The van der Waals surface area contributed by atoms with E-state index in [4.69, 9.17) is 11.6 Å². The van der Waals surface area contributed by atoms with E-state index in [2.05, 4.69) is 5.32 Å². The first-order valence-corrected chi connectivity index (χ1v) is 5.33. The fourth-order valence-electron chi connectivity index (χ4n) is 1.87. The van der Waals surface area contributed by atoms with Crippen LogP contribution in [0.15, 0.2) is 18.2 Å². The van der Waals surface area contributed by atoms with E-state index in [1.807, 2.05) is 6.07 Å². The number of hydrogen-bond acceptors (Lipinski definition) is 1. The lowest BCUT2D eigenvalue weighted by atomic mass is 9.98. The monoisotopic (exact) mass is 249 g/mol. The third kappa shape index (κ3) is 3.07. The Morgan fingerprint density at radius 3 is 2.73 bits per heavy atom. The molecule has 15 heavy (non-hydrogen) atoms. The zero-order valence-corrected chi connectivity index (χ0v) is 9.87. The second-order valence-corrected chi connectivity index (χ2v) is 4.08. The summed E-state index contributed by atoms with van der Waals surface area (Å²) in [4.78, 5) is 0. The Balaban J connectivity index is 0.00000112. The molecule has 1 aromatic carbocycles. The fourth-order valence-corrected chi connectivity index (χ4v) is 2.05. The van der Waals surface area contributed by atoms with Crippen LogP contribution in [-0.2, 0) is 0 Å². The van der Waals surface area contributed by atoms with Gasteiger partial charge in [-0.2, -0.15) is 0 Å². The molecule has 1 heterocycles. The summed E-state index contributed by atoms with van der Waals surface area (Å²) in [6.45, 7) is 1.04. The Kier molecular flexibility index (Phi) is 4.84. The fraction of sp³-hybridized carbons (Fsp3) is 0.455. The minimum absolute atomic E-state index is 0. The van der Waals surface area contributed by atoms with E-state index in [0.717, 1.165) is 18.5 Å². The molecule has 4 heteroatoms. The van der Waals surface area contributed by atoms with Gasteiger partial charge in [-0.25, -0.2) is 4.39 Å². The van der Waals surface area contributed by atoms with Crippen molar-refractivity contribution in [2.24, 2.45) is 0 Å². The van der Waals surface area contributed by atoms with Gasteiger partial charge in [0, 0.05) is 6.04 Å². The molecule has 1 aliphatic rings. The highest BCUT2D eigenvalue weighted by Gasteiger charge is 2.15. The Morgan fingerprint density at radius 1 is 1.33 bits per heavy atom. The predicted molar refractivity (Wildman–Crippen MR) is 63.3 cm³/mol. The van der Waals surface area contributed by atoms with Gasteiger partial charge in [0.05, 0.1) is 5.02 Å². The van der Waals surface area contributed by atoms with Crippen molar-refractivity contribution in [3.05, 3.63) is 34.6 Å². The first kappa shape index (κ1) is 12.8. The van der Waals surface area contributed by atoms with Crippen LogP contribution >= 0.6 is 24.0 Å². The second kappa shape index (κ2) is 5.69. The highest BCUT2D eigenvalue weighted by Crippen LogP contribution is 2.26. The minimum atomic E-state index is -0.341. The van der Waals surface area contributed by atoms with Gasteiger partial charge in [0.15, 0.2) is 0 Å². The smallest absolute Gasteiger partial charge is 0.141 e. The third-order valence-corrected chi connectivity index (χ3v) is 2.95. The Hall–Kier alpha value is -0.310. The molecule has 0 unspecified atom stereocenters. The van der Waals surface area contributed by atoms with Crippen LogP contribution in [0.3, 0.4) is 0 Å². The minimum Gasteiger partial charge on any atom is -0.310 e. The molecule has 2 rings (SSSR count). The molecule has 1 saturated heterocycles. The van der Waals surface area contributed by atoms with Crippen LogP contribution < -0.4 is 5.32 Å². The lowest BCUT2D eigenvalue weighted by molar-refractivity contribution is 0.412. The van der Waals surface area contributed by atoms with Crippen molar-refractivity contribution in [2.75, 3.05) is 6.54 Å². The summed E-state index contributed by atoms with van der Waals surface area (Å²) in [7, 11) is 0. The normalized spacial score (nSPS) is 20.8. The van der Waals surface area contributed by atoms with E-state index in [9.17, 15) is 4.39 Å². The van der Waals surface area contributed by atoms with Crippen molar-refractivity contribution in [3.8, 4) is 0 Å². The van der Waals surface area contributed by atoms with Crippen molar-refractivity contribution < 1.29 is 4.39 Å². The summed E-state index contributed by atoms with van der Waals surface area (Å²) in [5, 5.41) is 3.62. The molecule has 84 valence electrons. The summed E-state index contributed by atoms with van der Waals surface area (Å²) >= 11 is 5.73. The lowest BCUT2D eigenvalue weighted by Crippen LogP contribution is -2.26. The van der Waals surface area contributed by atoms with Crippen molar-refractivity contribution in [3.63, 3.8) is 0 Å². The van der Waals surface area contributed by atoms with Crippen molar-refractivity contribution in [2.45, 2.75) is 25.3 Å². The van der Waals surface area contributed by atoms with Gasteiger partial charge in [0.25, 0.3) is 0 Å². The van der Waals surface area contributed by atoms with Crippen LogP contribution in [0.4, 0.5) is 4.39 Å². The SMILES string of the molecule is Cl.Fc1ccc([C@H]2CCCCN2)cc1Cl. The molecule has 1 nitrogen and oxygen atoms in total. The maximum absolute atomic E-state index is 12.9. The second-order valence-electron chi connectivity index (χ2n) is 3.68. The molecule has 0 aromatic heterocycles. The van der Waals surface area contributed by atoms with E-state index in [0.29, 0.717) is 6.04 Å². The molecule has 1 fully saturated rings. The van der Waals surface area contributed by atoms with Crippen molar-refractivity contribution >= 4 is 24.0 Å². The third-order valence-electron chi connectivity index (χ3n) is 2.66. The van der Waals surface area contributed by atoms with Gasteiger partial charge in [-0.15, -0.1) is 12.4 Å². The van der Waals surface area contributed by atoms with Crippen molar-refractivity contribution in [1.82, 2.24) is 5.32 Å². The molecule has 0 radical (unpaired) electrons.